The van der Waals surface area contributed by atoms with Crippen molar-refractivity contribution in [2.24, 2.45) is 0 Å². The number of nitrogens with one attached hydrogen (secondary N) is 1. The lowest BCUT2D eigenvalue weighted by Crippen LogP contribution is -2.31. The number of carbonyl (C=O) groups is 3. The minimum Gasteiger partial charge on any atom is -0.455 e. The molecule has 6 heteroatoms. The van der Waals surface area contributed by atoms with Gasteiger partial charge >= 0.3 is 5.97 Å². The topological polar surface area (TPSA) is 75.7 Å². The second-order valence-corrected chi connectivity index (χ2v) is 6.90. The Morgan fingerprint density at radius 2 is 1.71 bits per heavy atom. The molecule has 6 nitrogen and oxygen atoms in total. The van der Waals surface area contributed by atoms with Crippen molar-refractivity contribution in [2.75, 3.05) is 19.0 Å². The van der Waals surface area contributed by atoms with Crippen LogP contribution in [0, 0.1) is 13.8 Å². The summed E-state index contributed by atoms with van der Waals surface area (Å²) in [6, 6.07) is 13.0. The highest BCUT2D eigenvalue weighted by atomic mass is 16.5. The molecule has 148 valence electrons. The van der Waals surface area contributed by atoms with Crippen LogP contribution in [0.3, 0.4) is 0 Å². The Hall–Kier alpha value is -3.15. The van der Waals surface area contributed by atoms with Gasteiger partial charge in [0.25, 0.3) is 5.91 Å². The molecular weight excluding hydrogens is 356 g/mol. The molecule has 0 fully saturated rings. The highest BCUT2D eigenvalue weighted by Gasteiger charge is 2.14. The zero-order chi connectivity index (χ0) is 20.7. The maximum absolute atomic E-state index is 12.2. The number of hydrogen-bond donors (Lipinski definition) is 1. The van der Waals surface area contributed by atoms with Gasteiger partial charge < -0.3 is 15.0 Å². The first-order valence-corrected chi connectivity index (χ1v) is 9.07. The van der Waals surface area contributed by atoms with E-state index in [0.717, 1.165) is 16.7 Å². The van der Waals surface area contributed by atoms with Crippen LogP contribution >= 0.6 is 0 Å². The van der Waals surface area contributed by atoms with Gasteiger partial charge in [-0.2, -0.15) is 0 Å². The van der Waals surface area contributed by atoms with Crippen LogP contribution in [0.25, 0.3) is 0 Å². The molecule has 0 aliphatic heterocycles. The van der Waals surface area contributed by atoms with Crippen molar-refractivity contribution in [1.29, 1.82) is 0 Å². The van der Waals surface area contributed by atoms with E-state index in [1.54, 1.807) is 36.2 Å². The van der Waals surface area contributed by atoms with E-state index in [1.807, 2.05) is 26.0 Å². The van der Waals surface area contributed by atoms with E-state index < -0.39 is 5.97 Å². The van der Waals surface area contributed by atoms with E-state index in [9.17, 15) is 14.4 Å². The van der Waals surface area contributed by atoms with Crippen molar-refractivity contribution in [3.05, 3.63) is 64.7 Å². The highest BCUT2D eigenvalue weighted by Crippen LogP contribution is 2.13. The lowest BCUT2D eigenvalue weighted by molar-refractivity contribution is -0.151. The Bertz CT molecular complexity index is 859. The molecule has 28 heavy (non-hydrogen) atoms. The zero-order valence-corrected chi connectivity index (χ0v) is 16.7. The molecule has 0 unspecified atom stereocenters. The number of benzene rings is 2. The molecule has 0 bridgehead atoms. The molecule has 0 atom stereocenters. The van der Waals surface area contributed by atoms with Gasteiger partial charge in [-0.1, -0.05) is 35.9 Å². The predicted octanol–water partition coefficient (Wildman–Crippen LogP) is 3.01. The lowest BCUT2D eigenvalue weighted by Gasteiger charge is -2.18. The van der Waals surface area contributed by atoms with Crippen LogP contribution in [-0.2, 0) is 32.1 Å². The maximum atomic E-state index is 12.2. The summed E-state index contributed by atoms with van der Waals surface area (Å²) in [5, 5.41) is 2.66. The molecule has 1 N–H and O–H groups in total. The first-order chi connectivity index (χ1) is 13.2. The van der Waals surface area contributed by atoms with Gasteiger partial charge in [0.05, 0.1) is 6.42 Å². The number of aryl methyl sites for hydroxylation is 2. The van der Waals surface area contributed by atoms with Gasteiger partial charge in [0, 0.05) is 26.2 Å². The second kappa shape index (κ2) is 9.69. The Balaban J connectivity index is 1.81. The van der Waals surface area contributed by atoms with Gasteiger partial charge in [-0.05, 0) is 42.7 Å². The van der Waals surface area contributed by atoms with E-state index in [1.165, 1.54) is 12.5 Å². The normalized spacial score (nSPS) is 10.3. The van der Waals surface area contributed by atoms with Gasteiger partial charge in [-0.3, -0.25) is 14.4 Å². The van der Waals surface area contributed by atoms with E-state index in [-0.39, 0.29) is 24.8 Å². The SMILES string of the molecule is CC(=O)Nc1ccc(CC(=O)OCC(=O)N(C)Cc2ccc(C)cc2C)cc1. The van der Waals surface area contributed by atoms with Crippen molar-refractivity contribution in [3.63, 3.8) is 0 Å². The summed E-state index contributed by atoms with van der Waals surface area (Å²) in [4.78, 5) is 36.8. The second-order valence-electron chi connectivity index (χ2n) is 6.90. The maximum Gasteiger partial charge on any atom is 0.310 e. The fourth-order valence-electron chi connectivity index (χ4n) is 2.75. The van der Waals surface area contributed by atoms with Crippen molar-refractivity contribution in [3.8, 4) is 0 Å². The van der Waals surface area contributed by atoms with Crippen LogP contribution in [0.2, 0.25) is 0 Å². The summed E-state index contributed by atoms with van der Waals surface area (Å²) in [5.41, 5.74) is 4.77. The molecule has 0 aliphatic rings. The van der Waals surface area contributed by atoms with Crippen LogP contribution in [0.1, 0.15) is 29.2 Å². The molecule has 0 heterocycles. The number of likely N-dealkylation sites (N-methyl/N-ethyl adjacent to an activating group) is 1. The summed E-state index contributed by atoms with van der Waals surface area (Å²) in [5.74, 6) is -0.884. The summed E-state index contributed by atoms with van der Waals surface area (Å²) >= 11 is 0. The van der Waals surface area contributed by atoms with Gasteiger partial charge in [0.1, 0.15) is 0 Å². The van der Waals surface area contributed by atoms with Crippen LogP contribution in [0.15, 0.2) is 42.5 Å². The van der Waals surface area contributed by atoms with Crippen LogP contribution in [0.4, 0.5) is 5.69 Å². The number of anilines is 1. The third kappa shape index (κ3) is 6.54. The summed E-state index contributed by atoms with van der Waals surface area (Å²) < 4.78 is 5.11. The number of esters is 1. The van der Waals surface area contributed by atoms with Crippen LogP contribution in [-0.4, -0.2) is 36.3 Å². The third-order valence-corrected chi connectivity index (χ3v) is 4.31. The molecule has 0 aromatic heterocycles. The van der Waals surface area contributed by atoms with Crippen LogP contribution < -0.4 is 5.32 Å². The Kier molecular flexibility index (Phi) is 7.32. The van der Waals surface area contributed by atoms with E-state index in [2.05, 4.69) is 11.4 Å². The zero-order valence-electron chi connectivity index (χ0n) is 16.7. The number of nitrogens with zero attached hydrogens (tertiary/aromatic N) is 1. The summed E-state index contributed by atoms with van der Waals surface area (Å²) in [6.07, 6.45) is 0.0639. The Morgan fingerprint density at radius 1 is 1.04 bits per heavy atom. The van der Waals surface area contributed by atoms with E-state index in [0.29, 0.717) is 12.2 Å². The van der Waals surface area contributed by atoms with Crippen molar-refractivity contribution in [1.82, 2.24) is 4.90 Å². The molecule has 2 rings (SSSR count). The molecule has 0 aliphatic carbocycles. The van der Waals surface area contributed by atoms with Crippen LogP contribution in [0.5, 0.6) is 0 Å². The average Bonchev–Trinajstić information content (AvgIpc) is 2.63. The predicted molar refractivity (Wildman–Crippen MR) is 108 cm³/mol. The molecule has 0 saturated heterocycles. The number of rotatable bonds is 7. The average molecular weight is 382 g/mol. The molecule has 2 aromatic carbocycles. The minimum absolute atomic E-state index is 0.0639. The fourth-order valence-corrected chi connectivity index (χ4v) is 2.75. The first kappa shape index (κ1) is 21.2. The first-order valence-electron chi connectivity index (χ1n) is 9.07. The van der Waals surface area contributed by atoms with Gasteiger partial charge in [0.2, 0.25) is 5.91 Å². The quantitative estimate of drug-likeness (QED) is 0.747. The van der Waals surface area contributed by atoms with Gasteiger partial charge in [-0.15, -0.1) is 0 Å². The smallest absolute Gasteiger partial charge is 0.310 e. The Labute approximate surface area is 165 Å². The lowest BCUT2D eigenvalue weighted by atomic mass is 10.1. The van der Waals surface area contributed by atoms with Gasteiger partial charge in [0.15, 0.2) is 6.61 Å². The number of amides is 2. The van der Waals surface area contributed by atoms with Crippen molar-refractivity contribution >= 4 is 23.5 Å². The minimum atomic E-state index is -0.472. The summed E-state index contributed by atoms with van der Waals surface area (Å²) in [7, 11) is 1.69. The third-order valence-electron chi connectivity index (χ3n) is 4.31. The number of ether oxygens (including phenoxy) is 1. The fraction of sp³-hybridized carbons (Fsp3) is 0.318. The highest BCUT2D eigenvalue weighted by molar-refractivity contribution is 5.88. The Morgan fingerprint density at radius 3 is 2.32 bits per heavy atom. The van der Waals surface area contributed by atoms with E-state index in [4.69, 9.17) is 4.74 Å². The number of hydrogen-bond acceptors (Lipinski definition) is 4. The van der Waals surface area contributed by atoms with Crippen molar-refractivity contribution < 1.29 is 19.1 Å². The standard InChI is InChI=1S/C22H26N2O4/c1-15-5-8-19(16(2)11-15)13-24(4)21(26)14-28-22(27)12-18-6-9-20(10-7-18)23-17(3)25/h5-11H,12-14H2,1-4H3,(H,23,25). The van der Waals surface area contributed by atoms with Gasteiger partial charge in [-0.25, -0.2) is 0 Å². The molecule has 0 radical (unpaired) electrons. The molecule has 2 aromatic rings. The van der Waals surface area contributed by atoms with Crippen molar-refractivity contribution in [2.45, 2.75) is 33.7 Å². The molecular formula is C22H26N2O4. The molecule has 2 amide bonds. The monoisotopic (exact) mass is 382 g/mol. The largest absolute Gasteiger partial charge is 0.455 e. The number of carbonyl (C=O) groups excluding carboxylic acids is 3. The molecule has 0 saturated carbocycles. The van der Waals surface area contributed by atoms with E-state index >= 15 is 0 Å². The summed E-state index contributed by atoms with van der Waals surface area (Å²) in [6.45, 7) is 5.65. The molecule has 0 spiro atoms.